The number of amides is 3. The molecule has 8 nitrogen and oxygen atoms in total. The molecule has 35 heavy (non-hydrogen) atoms. The Morgan fingerprint density at radius 3 is 2.66 bits per heavy atom. The highest BCUT2D eigenvalue weighted by atomic mass is 35.5. The zero-order valence-corrected chi connectivity index (χ0v) is 21.2. The number of carbonyl (C=O) groups is 3. The quantitative estimate of drug-likeness (QED) is 0.496. The molecule has 2 heterocycles. The molecule has 4 rings (SSSR count). The summed E-state index contributed by atoms with van der Waals surface area (Å²) in [5.41, 5.74) is 2.01. The third-order valence-corrected chi connectivity index (χ3v) is 7.56. The Labute approximate surface area is 214 Å². The molecule has 1 aliphatic carbocycles. The third-order valence-electron chi connectivity index (χ3n) is 6.41. The summed E-state index contributed by atoms with van der Waals surface area (Å²) in [6, 6.07) is 6.79. The van der Waals surface area contributed by atoms with Gasteiger partial charge in [0.2, 0.25) is 15.9 Å². The van der Waals surface area contributed by atoms with Crippen LogP contribution in [-0.4, -0.2) is 52.5 Å². The summed E-state index contributed by atoms with van der Waals surface area (Å²) in [7, 11) is 0. The molecule has 1 fully saturated rings. The highest BCUT2D eigenvalue weighted by Gasteiger charge is 2.28. The van der Waals surface area contributed by atoms with Crippen LogP contribution in [0.2, 0.25) is 5.02 Å². The van der Waals surface area contributed by atoms with Crippen LogP contribution in [0.3, 0.4) is 0 Å². The maximum Gasteiger partial charge on any atom is 0.286 e. The van der Waals surface area contributed by atoms with Gasteiger partial charge in [-0.1, -0.05) is 40.7 Å². The molecule has 1 aromatic heterocycles. The van der Waals surface area contributed by atoms with Crippen molar-refractivity contribution in [2.75, 3.05) is 25.0 Å². The lowest BCUT2D eigenvalue weighted by molar-refractivity contribution is -0.122. The Hall–Kier alpha value is -2.78. The molecule has 0 spiro atoms. The molecule has 2 aromatic rings. The minimum absolute atomic E-state index is 0.0886. The molecular weight excluding hydrogens is 486 g/mol. The standard InChI is InChI=1S/C25H30ClN5O3S/c26-19-7-4-8-20(16-19)28-22(33)23-29-30-24(35-23)25(34)31-13-10-18(11-14-31)15-21(32)27-12-9-17-5-2-1-3-6-17/h4-5,7-8,16,18H,1-3,6,9-15H2,(H,27,32)(H,28,33). The molecule has 186 valence electrons. The van der Waals surface area contributed by atoms with Gasteiger partial charge < -0.3 is 15.5 Å². The molecule has 0 unspecified atom stereocenters. The maximum absolute atomic E-state index is 12.9. The summed E-state index contributed by atoms with van der Waals surface area (Å²) in [5.74, 6) is -0.312. The fraction of sp³-hybridized carbons (Fsp3) is 0.480. The van der Waals surface area contributed by atoms with E-state index >= 15 is 0 Å². The molecule has 0 radical (unpaired) electrons. The van der Waals surface area contributed by atoms with E-state index in [-0.39, 0.29) is 27.7 Å². The largest absolute Gasteiger partial charge is 0.356 e. The minimum Gasteiger partial charge on any atom is -0.356 e. The van der Waals surface area contributed by atoms with Crippen molar-refractivity contribution in [2.45, 2.75) is 51.4 Å². The van der Waals surface area contributed by atoms with Crippen LogP contribution in [0.1, 0.15) is 71.0 Å². The Balaban J connectivity index is 1.19. The monoisotopic (exact) mass is 515 g/mol. The first-order valence-corrected chi connectivity index (χ1v) is 13.3. The first-order valence-electron chi connectivity index (χ1n) is 12.1. The summed E-state index contributed by atoms with van der Waals surface area (Å²) in [4.78, 5) is 39.4. The van der Waals surface area contributed by atoms with Crippen molar-refractivity contribution < 1.29 is 14.4 Å². The summed E-state index contributed by atoms with van der Waals surface area (Å²) < 4.78 is 0. The van der Waals surface area contributed by atoms with Gasteiger partial charge in [-0.2, -0.15) is 0 Å². The number of halogens is 1. The smallest absolute Gasteiger partial charge is 0.286 e. The van der Waals surface area contributed by atoms with Crippen molar-refractivity contribution in [3.63, 3.8) is 0 Å². The van der Waals surface area contributed by atoms with Crippen molar-refractivity contribution >= 4 is 46.3 Å². The van der Waals surface area contributed by atoms with Crippen LogP contribution >= 0.6 is 22.9 Å². The van der Waals surface area contributed by atoms with Gasteiger partial charge in [0.05, 0.1) is 0 Å². The normalized spacial score (nSPS) is 16.5. The number of likely N-dealkylation sites (tertiary alicyclic amines) is 1. The number of piperidine rings is 1. The minimum atomic E-state index is -0.437. The topological polar surface area (TPSA) is 104 Å². The first-order chi connectivity index (χ1) is 17.0. The van der Waals surface area contributed by atoms with E-state index in [1.807, 2.05) is 0 Å². The van der Waals surface area contributed by atoms with Gasteiger partial charge in [-0.3, -0.25) is 14.4 Å². The molecule has 1 aromatic carbocycles. The van der Waals surface area contributed by atoms with Gasteiger partial charge in [0.25, 0.3) is 11.8 Å². The lowest BCUT2D eigenvalue weighted by Gasteiger charge is -2.31. The van der Waals surface area contributed by atoms with Gasteiger partial charge in [0.1, 0.15) is 0 Å². The van der Waals surface area contributed by atoms with E-state index in [0.717, 1.165) is 43.4 Å². The van der Waals surface area contributed by atoms with Crippen LogP contribution in [0.25, 0.3) is 0 Å². The number of aromatic nitrogens is 2. The summed E-state index contributed by atoms with van der Waals surface area (Å²) in [6.45, 7) is 1.83. The molecule has 1 aliphatic heterocycles. The van der Waals surface area contributed by atoms with Crippen molar-refractivity contribution in [3.8, 4) is 0 Å². The van der Waals surface area contributed by atoms with Crippen LogP contribution in [0.4, 0.5) is 5.69 Å². The Bertz CT molecular complexity index is 1090. The van der Waals surface area contributed by atoms with E-state index in [4.69, 9.17) is 11.6 Å². The molecule has 3 amide bonds. The Morgan fingerprint density at radius 2 is 1.91 bits per heavy atom. The van der Waals surface area contributed by atoms with Gasteiger partial charge in [-0.05, 0) is 69.1 Å². The number of hydrogen-bond donors (Lipinski definition) is 2. The zero-order valence-electron chi connectivity index (χ0n) is 19.6. The second kappa shape index (κ2) is 12.3. The van der Waals surface area contributed by atoms with Crippen LogP contribution in [0.5, 0.6) is 0 Å². The van der Waals surface area contributed by atoms with E-state index in [9.17, 15) is 14.4 Å². The second-order valence-electron chi connectivity index (χ2n) is 9.02. The van der Waals surface area contributed by atoms with Crippen LogP contribution in [0, 0.1) is 5.92 Å². The highest BCUT2D eigenvalue weighted by molar-refractivity contribution is 7.15. The molecule has 0 saturated carbocycles. The third kappa shape index (κ3) is 7.35. The number of nitrogens with one attached hydrogen (secondary N) is 2. The van der Waals surface area contributed by atoms with Crippen molar-refractivity contribution in [2.24, 2.45) is 5.92 Å². The average Bonchev–Trinajstić information content (AvgIpc) is 3.35. The summed E-state index contributed by atoms with van der Waals surface area (Å²) in [6.07, 6.45) is 10.1. The number of carbonyl (C=O) groups excluding carboxylic acids is 3. The van der Waals surface area contributed by atoms with Crippen molar-refractivity contribution in [1.29, 1.82) is 0 Å². The summed E-state index contributed by atoms with van der Waals surface area (Å²) >= 11 is 6.92. The lowest BCUT2D eigenvalue weighted by Crippen LogP contribution is -2.39. The first kappa shape index (κ1) is 25.3. The van der Waals surface area contributed by atoms with Gasteiger partial charge in [-0.15, -0.1) is 10.2 Å². The molecular formula is C25H30ClN5O3S. The number of rotatable bonds is 8. The average molecular weight is 516 g/mol. The number of hydrogen-bond acceptors (Lipinski definition) is 6. The maximum atomic E-state index is 12.9. The van der Waals surface area contributed by atoms with E-state index < -0.39 is 5.91 Å². The van der Waals surface area contributed by atoms with Crippen molar-refractivity contribution in [3.05, 3.63) is 51.0 Å². The van der Waals surface area contributed by atoms with Crippen LogP contribution in [-0.2, 0) is 4.79 Å². The predicted molar refractivity (Wildman–Crippen MR) is 137 cm³/mol. The molecule has 2 N–H and O–H groups in total. The van der Waals surface area contributed by atoms with Gasteiger partial charge in [0.15, 0.2) is 0 Å². The number of nitrogens with zero attached hydrogens (tertiary/aromatic N) is 3. The lowest BCUT2D eigenvalue weighted by atomic mass is 9.93. The van der Waals surface area contributed by atoms with E-state index in [1.165, 1.54) is 18.4 Å². The van der Waals surface area contributed by atoms with Crippen molar-refractivity contribution in [1.82, 2.24) is 20.4 Å². The Kier molecular flexibility index (Phi) is 8.87. The predicted octanol–water partition coefficient (Wildman–Crippen LogP) is 4.69. The zero-order chi connectivity index (χ0) is 24.6. The van der Waals surface area contributed by atoms with Crippen LogP contribution < -0.4 is 10.6 Å². The van der Waals surface area contributed by atoms with Crippen LogP contribution in [0.15, 0.2) is 35.9 Å². The molecule has 1 saturated heterocycles. The van der Waals surface area contributed by atoms with E-state index in [0.29, 0.717) is 36.8 Å². The van der Waals surface area contributed by atoms with Gasteiger partial charge in [0, 0.05) is 36.8 Å². The van der Waals surface area contributed by atoms with Gasteiger partial charge >= 0.3 is 0 Å². The number of anilines is 1. The summed E-state index contributed by atoms with van der Waals surface area (Å²) in [5, 5.41) is 14.4. The van der Waals surface area contributed by atoms with E-state index in [2.05, 4.69) is 26.9 Å². The molecule has 10 heteroatoms. The van der Waals surface area contributed by atoms with Gasteiger partial charge in [-0.25, -0.2) is 0 Å². The molecule has 0 atom stereocenters. The Morgan fingerprint density at radius 1 is 1.11 bits per heavy atom. The van der Waals surface area contributed by atoms with E-state index in [1.54, 1.807) is 29.2 Å². The fourth-order valence-corrected chi connectivity index (χ4v) is 5.35. The molecule has 2 aliphatic rings. The number of benzene rings is 1. The fourth-order valence-electron chi connectivity index (χ4n) is 4.46. The highest BCUT2D eigenvalue weighted by Crippen LogP contribution is 2.24. The second-order valence-corrected chi connectivity index (χ2v) is 10.4. The number of allylic oxidation sites excluding steroid dienone is 1. The molecule has 0 bridgehead atoms. The SMILES string of the molecule is O=C(CC1CCN(C(=O)c2nnc(C(=O)Nc3cccc(Cl)c3)s2)CC1)NCCC1=CCCCC1.